The van der Waals surface area contributed by atoms with E-state index < -0.39 is 66.4 Å². The molecule has 2 aromatic carbocycles. The van der Waals surface area contributed by atoms with Gasteiger partial charge in [0.25, 0.3) is 0 Å². The molecule has 15 heteroatoms. The second kappa shape index (κ2) is 11.5. The van der Waals surface area contributed by atoms with Crippen molar-refractivity contribution in [2.75, 3.05) is 34.2 Å². The number of phenolic OH excluding ortho intramolecular Hbond substituents is 1. The van der Waals surface area contributed by atoms with Crippen LogP contribution in [0.25, 0.3) is 0 Å². The van der Waals surface area contributed by atoms with Crippen molar-refractivity contribution in [1.29, 1.82) is 0 Å². The average Bonchev–Trinajstić information content (AvgIpc) is 3.86. The van der Waals surface area contributed by atoms with Crippen molar-refractivity contribution in [2.24, 2.45) is 17.6 Å². The number of phenols is 1. The van der Waals surface area contributed by atoms with Crippen LogP contribution in [0.2, 0.25) is 0 Å². The number of methoxy groups -OCH3 is 2. The van der Waals surface area contributed by atoms with Crippen LogP contribution in [0.1, 0.15) is 34.0 Å². The van der Waals surface area contributed by atoms with E-state index in [2.05, 4.69) is 0 Å². The fourth-order valence-corrected chi connectivity index (χ4v) is 8.03. The Labute approximate surface area is 272 Å². The maximum atomic E-state index is 13.6. The Morgan fingerprint density at radius 1 is 0.979 bits per heavy atom. The van der Waals surface area contributed by atoms with Gasteiger partial charge in [-0.2, -0.15) is 0 Å². The molecular formula is C32H33NO13S. The molecule has 4 aliphatic heterocycles. The molecule has 0 bridgehead atoms. The van der Waals surface area contributed by atoms with E-state index in [1.165, 1.54) is 25.6 Å². The summed E-state index contributed by atoms with van der Waals surface area (Å²) in [5, 5.41) is 35.1. The molecule has 3 saturated heterocycles. The highest BCUT2D eigenvalue weighted by Crippen LogP contribution is 2.58. The maximum Gasteiger partial charge on any atom is 0.312 e. The lowest BCUT2D eigenvalue weighted by atomic mass is 9.61. The number of carbonyl (C=O) groups is 1. The van der Waals surface area contributed by atoms with Gasteiger partial charge in [-0.3, -0.25) is 4.79 Å². The normalized spacial score (nSPS) is 35.4. The van der Waals surface area contributed by atoms with Crippen molar-refractivity contribution in [1.82, 2.24) is 0 Å². The number of rotatable bonds is 6. The molecule has 10 atom stereocenters. The van der Waals surface area contributed by atoms with Crippen molar-refractivity contribution in [3.63, 3.8) is 0 Å². The minimum Gasteiger partial charge on any atom is -0.502 e. The first-order valence-corrected chi connectivity index (χ1v) is 15.9. The number of aliphatic hydroxyl groups excluding tert-OH is 2. The Morgan fingerprint density at radius 2 is 1.72 bits per heavy atom. The van der Waals surface area contributed by atoms with Gasteiger partial charge in [0.15, 0.2) is 35.6 Å². The Bertz CT molecular complexity index is 1660. The molecule has 1 aliphatic carbocycles. The smallest absolute Gasteiger partial charge is 0.312 e. The summed E-state index contributed by atoms with van der Waals surface area (Å²) < 4.78 is 52.5. The monoisotopic (exact) mass is 671 g/mol. The summed E-state index contributed by atoms with van der Waals surface area (Å²) in [5.74, 6) is -1.47. The predicted octanol–water partition coefficient (Wildman–Crippen LogP) is 1.82. The lowest BCUT2D eigenvalue weighted by Crippen LogP contribution is -2.63. The number of aliphatic hydroxyl groups is 2. The highest BCUT2D eigenvalue weighted by Gasteiger charge is 2.61. The van der Waals surface area contributed by atoms with Gasteiger partial charge >= 0.3 is 5.97 Å². The number of nitrogens with two attached hydrogens (primary N) is 1. The Hall–Kier alpha value is -3.67. The minimum absolute atomic E-state index is 0.0246. The van der Waals surface area contributed by atoms with Crippen molar-refractivity contribution in [3.05, 3.63) is 63.3 Å². The van der Waals surface area contributed by atoms with Gasteiger partial charge in [-0.1, -0.05) is 6.07 Å². The fourth-order valence-electron chi connectivity index (χ4n) is 7.32. The lowest BCUT2D eigenvalue weighted by Gasteiger charge is -2.49. The zero-order valence-corrected chi connectivity index (χ0v) is 26.1. The molecule has 0 spiro atoms. The number of carbonyl (C=O) groups excluding carboxylic acids is 1. The SMILES string of the molecule is COc1cc(C2(N)c3cc4c(cc3C(OC3OC5COC(c6cccs6)OC5C(O)C3O)C3COC(=O)C32)OCO4)cc(OC)c1O. The van der Waals surface area contributed by atoms with Gasteiger partial charge in [0.2, 0.25) is 12.5 Å². The van der Waals surface area contributed by atoms with Crippen LogP contribution in [-0.4, -0.2) is 86.2 Å². The molecule has 250 valence electrons. The zero-order valence-electron chi connectivity index (χ0n) is 25.3. The van der Waals surface area contributed by atoms with Gasteiger partial charge in [0.1, 0.15) is 24.4 Å². The number of fused-ring (bicyclic) bond motifs is 4. The molecular weight excluding hydrogens is 638 g/mol. The predicted molar refractivity (Wildman–Crippen MR) is 159 cm³/mol. The van der Waals surface area contributed by atoms with Gasteiger partial charge in [0, 0.05) is 5.92 Å². The molecule has 14 nitrogen and oxygen atoms in total. The van der Waals surface area contributed by atoms with Gasteiger partial charge in [-0.05, 0) is 52.4 Å². The average molecular weight is 672 g/mol. The molecule has 8 rings (SSSR count). The summed E-state index contributed by atoms with van der Waals surface area (Å²) in [5.41, 5.74) is 7.18. The summed E-state index contributed by atoms with van der Waals surface area (Å²) in [4.78, 5) is 14.4. The molecule has 3 aromatic rings. The van der Waals surface area contributed by atoms with Crippen LogP contribution < -0.4 is 24.7 Å². The Balaban J connectivity index is 1.18. The number of aromatic hydroxyl groups is 1. The molecule has 10 unspecified atom stereocenters. The molecule has 5 N–H and O–H groups in total. The van der Waals surface area contributed by atoms with E-state index in [1.807, 2.05) is 17.5 Å². The highest BCUT2D eigenvalue weighted by atomic mass is 32.1. The van der Waals surface area contributed by atoms with Crippen LogP contribution in [0, 0.1) is 11.8 Å². The van der Waals surface area contributed by atoms with Gasteiger partial charge in [-0.25, -0.2) is 0 Å². The van der Waals surface area contributed by atoms with E-state index >= 15 is 0 Å². The molecule has 1 aromatic heterocycles. The van der Waals surface area contributed by atoms with Crippen LogP contribution in [0.5, 0.6) is 28.7 Å². The molecule has 5 heterocycles. The van der Waals surface area contributed by atoms with E-state index in [4.69, 9.17) is 48.4 Å². The number of esters is 1. The first-order valence-electron chi connectivity index (χ1n) is 15.1. The van der Waals surface area contributed by atoms with E-state index in [9.17, 15) is 20.1 Å². The summed E-state index contributed by atoms with van der Waals surface area (Å²) >= 11 is 1.45. The fraction of sp³-hybridized carbons (Fsp3) is 0.469. The summed E-state index contributed by atoms with van der Waals surface area (Å²) in [6, 6.07) is 10.3. The van der Waals surface area contributed by atoms with Crippen LogP contribution in [-0.2, 0) is 34.0 Å². The minimum atomic E-state index is -1.55. The number of hydrogen-bond acceptors (Lipinski definition) is 15. The first-order chi connectivity index (χ1) is 22.7. The van der Waals surface area contributed by atoms with Crippen molar-refractivity contribution >= 4 is 17.3 Å². The topological polar surface area (TPSA) is 187 Å². The van der Waals surface area contributed by atoms with Crippen molar-refractivity contribution in [2.45, 2.75) is 48.6 Å². The number of ether oxygens (including phenoxy) is 9. The first kappa shape index (κ1) is 30.7. The number of benzene rings is 2. The molecule has 47 heavy (non-hydrogen) atoms. The van der Waals surface area contributed by atoms with Crippen LogP contribution in [0.15, 0.2) is 41.8 Å². The van der Waals surface area contributed by atoms with Crippen LogP contribution >= 0.6 is 11.3 Å². The summed E-state index contributed by atoms with van der Waals surface area (Å²) in [6.07, 6.45) is -7.46. The summed E-state index contributed by atoms with van der Waals surface area (Å²) in [7, 11) is 2.79. The van der Waals surface area contributed by atoms with E-state index in [0.717, 1.165) is 4.88 Å². The summed E-state index contributed by atoms with van der Waals surface area (Å²) in [6.45, 7) is 0.00361. The Morgan fingerprint density at radius 3 is 2.43 bits per heavy atom. The third-order valence-corrected chi connectivity index (χ3v) is 10.5. The molecule has 0 radical (unpaired) electrons. The van der Waals surface area contributed by atoms with Gasteiger partial charge < -0.3 is 63.7 Å². The van der Waals surface area contributed by atoms with Gasteiger partial charge in [-0.15, -0.1) is 11.3 Å². The number of cyclic esters (lactones) is 1. The quantitative estimate of drug-likeness (QED) is 0.278. The van der Waals surface area contributed by atoms with Crippen molar-refractivity contribution in [3.8, 4) is 28.7 Å². The van der Waals surface area contributed by atoms with Crippen molar-refractivity contribution < 1.29 is 62.7 Å². The van der Waals surface area contributed by atoms with Crippen LogP contribution in [0.4, 0.5) is 0 Å². The molecule has 0 amide bonds. The largest absolute Gasteiger partial charge is 0.502 e. The molecule has 5 aliphatic rings. The number of thiophene rings is 1. The van der Waals surface area contributed by atoms with Gasteiger partial charge in [0.05, 0.1) is 49.9 Å². The second-order valence-corrected chi connectivity index (χ2v) is 13.0. The highest BCUT2D eigenvalue weighted by molar-refractivity contribution is 7.10. The lowest BCUT2D eigenvalue weighted by molar-refractivity contribution is -0.369. The Kier molecular flexibility index (Phi) is 7.49. The third kappa shape index (κ3) is 4.68. The second-order valence-electron chi connectivity index (χ2n) is 12.0. The molecule has 0 saturated carbocycles. The third-order valence-electron chi connectivity index (χ3n) is 9.62. The maximum absolute atomic E-state index is 13.6. The zero-order chi connectivity index (χ0) is 32.6. The van der Waals surface area contributed by atoms with E-state index in [0.29, 0.717) is 28.2 Å². The standard InChI is InChI=1S/C32H33NO13S/c1-38-19-6-13(7-20(39-2)24(19)34)32(33)16-9-18-17(42-12-43-18)8-14(16)27(15-10-40-29(37)23(15)32)45-31-26(36)25(35)28-21(44-31)11-41-30(46-28)22-4-3-5-47-22/h3-9,15,21,23,25-28,30-31,34-36H,10-12,33H2,1-2H3. The van der Waals surface area contributed by atoms with Crippen LogP contribution in [0.3, 0.4) is 0 Å². The number of hydrogen-bond donors (Lipinski definition) is 4. The molecule has 3 fully saturated rings. The van der Waals surface area contributed by atoms with E-state index in [1.54, 1.807) is 24.3 Å². The van der Waals surface area contributed by atoms with E-state index in [-0.39, 0.29) is 37.3 Å².